The molecule has 0 aliphatic rings. The second-order valence-corrected chi connectivity index (χ2v) is 9.37. The Hall–Kier alpha value is -3.12. The summed E-state index contributed by atoms with van der Waals surface area (Å²) in [7, 11) is -3.65. The largest absolute Gasteiger partial charge is 0.341 e. The molecule has 156 valence electrons. The number of aryl methyl sites for hydroxylation is 1. The number of carbonyl (C=O) groups excluding carboxylic acids is 1. The van der Waals surface area contributed by atoms with Crippen molar-refractivity contribution in [2.75, 3.05) is 17.1 Å². The lowest BCUT2D eigenvalue weighted by atomic mass is 9.84. The van der Waals surface area contributed by atoms with E-state index in [4.69, 9.17) is 0 Å². The van der Waals surface area contributed by atoms with Gasteiger partial charge in [0.05, 0.1) is 17.5 Å². The molecule has 0 unspecified atom stereocenters. The third kappa shape index (κ3) is 4.71. The van der Waals surface area contributed by atoms with Crippen molar-refractivity contribution in [3.63, 3.8) is 0 Å². The number of anilines is 1. The summed E-state index contributed by atoms with van der Waals surface area (Å²) in [5.74, 6) is -0.390. The molecule has 30 heavy (non-hydrogen) atoms. The molecule has 5 nitrogen and oxygen atoms in total. The minimum absolute atomic E-state index is 0.307. The number of carbonyl (C=O) groups is 1. The number of nitrogens with one attached hydrogen (secondary N) is 1. The molecular weight excluding hydrogens is 396 g/mol. The second-order valence-electron chi connectivity index (χ2n) is 7.46. The molecule has 0 aromatic heterocycles. The fraction of sp³-hybridized carbons (Fsp3) is 0.208. The standard InChI is InChI=1S/C24H26N2O3S/c1-19-12-10-11-17-22(19)26(30(3,28)29)18-23(27)25-24(2,20-13-6-4-7-14-20)21-15-8-5-9-16-21/h4-17H,18H2,1-3H3,(H,25,27). The molecule has 0 saturated heterocycles. The molecule has 1 amide bonds. The fourth-order valence-electron chi connectivity index (χ4n) is 3.53. The van der Waals surface area contributed by atoms with Crippen molar-refractivity contribution in [1.29, 1.82) is 0 Å². The van der Waals surface area contributed by atoms with Crippen molar-refractivity contribution < 1.29 is 13.2 Å². The Morgan fingerprint density at radius 2 is 1.33 bits per heavy atom. The molecule has 0 aliphatic heterocycles. The number of rotatable bonds is 7. The first kappa shape index (κ1) is 21.6. The average molecular weight is 423 g/mol. The van der Waals surface area contributed by atoms with Crippen LogP contribution in [0, 0.1) is 6.92 Å². The molecule has 0 heterocycles. The number of amides is 1. The number of hydrogen-bond acceptors (Lipinski definition) is 3. The zero-order valence-electron chi connectivity index (χ0n) is 17.4. The molecule has 0 aliphatic carbocycles. The Morgan fingerprint density at radius 1 is 0.867 bits per heavy atom. The second kappa shape index (κ2) is 8.71. The minimum atomic E-state index is -3.65. The van der Waals surface area contributed by atoms with Crippen LogP contribution in [0.25, 0.3) is 0 Å². The van der Waals surface area contributed by atoms with Crippen molar-refractivity contribution in [3.8, 4) is 0 Å². The molecule has 0 saturated carbocycles. The first-order valence-corrected chi connectivity index (χ1v) is 11.5. The van der Waals surface area contributed by atoms with Crippen LogP contribution in [0.1, 0.15) is 23.6 Å². The number of benzene rings is 3. The van der Waals surface area contributed by atoms with E-state index in [0.717, 1.165) is 27.3 Å². The molecule has 0 fully saturated rings. The van der Waals surface area contributed by atoms with Crippen molar-refractivity contribution in [1.82, 2.24) is 5.32 Å². The monoisotopic (exact) mass is 422 g/mol. The van der Waals surface area contributed by atoms with Crippen molar-refractivity contribution in [3.05, 3.63) is 102 Å². The smallest absolute Gasteiger partial charge is 0.241 e. The van der Waals surface area contributed by atoms with Crippen LogP contribution in [0.15, 0.2) is 84.9 Å². The topological polar surface area (TPSA) is 66.5 Å². The number of nitrogens with zero attached hydrogens (tertiary/aromatic N) is 1. The zero-order chi connectivity index (χ0) is 21.8. The van der Waals surface area contributed by atoms with Crippen molar-refractivity contribution in [2.45, 2.75) is 19.4 Å². The summed E-state index contributed by atoms with van der Waals surface area (Å²) in [6.45, 7) is 3.44. The lowest BCUT2D eigenvalue weighted by molar-refractivity contribution is -0.121. The third-order valence-corrected chi connectivity index (χ3v) is 6.29. The minimum Gasteiger partial charge on any atom is -0.341 e. The summed E-state index contributed by atoms with van der Waals surface area (Å²) in [6.07, 6.45) is 1.11. The van der Waals surface area contributed by atoms with Gasteiger partial charge >= 0.3 is 0 Å². The number of para-hydroxylation sites is 1. The molecule has 0 radical (unpaired) electrons. The van der Waals surface area contributed by atoms with Gasteiger partial charge in [-0.15, -0.1) is 0 Å². The number of hydrogen-bond donors (Lipinski definition) is 1. The fourth-order valence-corrected chi connectivity index (χ4v) is 4.44. The molecule has 3 aromatic rings. The van der Waals surface area contributed by atoms with Gasteiger partial charge in [0.15, 0.2) is 0 Å². The Morgan fingerprint density at radius 3 is 1.80 bits per heavy atom. The molecule has 3 rings (SSSR count). The summed E-state index contributed by atoms with van der Waals surface area (Å²) in [6, 6.07) is 26.4. The van der Waals surface area contributed by atoms with Gasteiger partial charge in [0.2, 0.25) is 15.9 Å². The quantitative estimate of drug-likeness (QED) is 0.629. The van der Waals surface area contributed by atoms with Gasteiger partial charge in [-0.2, -0.15) is 0 Å². The van der Waals surface area contributed by atoms with Crippen molar-refractivity contribution >= 4 is 21.6 Å². The van der Waals surface area contributed by atoms with Crippen LogP contribution in [-0.4, -0.2) is 27.1 Å². The Kier molecular flexibility index (Phi) is 6.27. The SMILES string of the molecule is Cc1ccccc1N(CC(=O)NC(C)(c1ccccc1)c1ccccc1)S(C)(=O)=O. The van der Waals surface area contributed by atoms with Crippen molar-refractivity contribution in [2.24, 2.45) is 0 Å². The highest BCUT2D eigenvalue weighted by Crippen LogP contribution is 2.29. The van der Waals surface area contributed by atoms with E-state index in [1.807, 2.05) is 86.6 Å². The van der Waals surface area contributed by atoms with E-state index in [0.29, 0.717) is 5.69 Å². The molecule has 6 heteroatoms. The van der Waals surface area contributed by atoms with E-state index in [1.165, 1.54) is 0 Å². The maximum atomic E-state index is 13.1. The van der Waals surface area contributed by atoms with Crippen LogP contribution >= 0.6 is 0 Å². The number of sulfonamides is 1. The Balaban J connectivity index is 1.95. The van der Waals surface area contributed by atoms with E-state index in [2.05, 4.69) is 5.32 Å². The molecular formula is C24H26N2O3S. The van der Waals surface area contributed by atoms with Gasteiger partial charge in [-0.3, -0.25) is 9.10 Å². The van der Waals surface area contributed by atoms with Gasteiger partial charge in [-0.1, -0.05) is 78.9 Å². The maximum absolute atomic E-state index is 13.1. The van der Waals surface area contributed by atoms with Gasteiger partial charge in [0.25, 0.3) is 0 Å². The van der Waals surface area contributed by atoms with Gasteiger partial charge in [0, 0.05) is 0 Å². The highest BCUT2D eigenvalue weighted by molar-refractivity contribution is 7.92. The summed E-state index contributed by atoms with van der Waals surface area (Å²) in [5.41, 5.74) is 2.28. The van der Waals surface area contributed by atoms with E-state index < -0.39 is 15.6 Å². The Bertz CT molecular complexity index is 1070. The molecule has 0 atom stereocenters. The predicted molar refractivity (Wildman–Crippen MR) is 121 cm³/mol. The van der Waals surface area contributed by atoms with Gasteiger partial charge in [-0.05, 0) is 36.6 Å². The molecule has 0 spiro atoms. The van der Waals surface area contributed by atoms with Gasteiger partial charge in [-0.25, -0.2) is 8.42 Å². The molecule has 0 bridgehead atoms. The van der Waals surface area contributed by atoms with Crippen LogP contribution in [0.4, 0.5) is 5.69 Å². The third-order valence-electron chi connectivity index (χ3n) is 5.16. The first-order chi connectivity index (χ1) is 14.2. The van der Waals surface area contributed by atoms with Gasteiger partial charge in [0.1, 0.15) is 6.54 Å². The van der Waals surface area contributed by atoms with Crippen LogP contribution in [-0.2, 0) is 20.4 Å². The lowest BCUT2D eigenvalue weighted by Crippen LogP contribution is -2.49. The van der Waals surface area contributed by atoms with E-state index >= 15 is 0 Å². The van der Waals surface area contributed by atoms with Crippen LogP contribution < -0.4 is 9.62 Å². The highest BCUT2D eigenvalue weighted by atomic mass is 32.2. The van der Waals surface area contributed by atoms with Crippen LogP contribution in [0.2, 0.25) is 0 Å². The zero-order valence-corrected chi connectivity index (χ0v) is 18.2. The normalized spacial score (nSPS) is 11.7. The summed E-state index contributed by atoms with van der Waals surface area (Å²) in [4.78, 5) is 13.1. The van der Waals surface area contributed by atoms with E-state index in [1.54, 1.807) is 12.1 Å². The summed E-state index contributed by atoms with van der Waals surface area (Å²) in [5, 5.41) is 3.07. The summed E-state index contributed by atoms with van der Waals surface area (Å²) >= 11 is 0. The Labute approximate surface area is 178 Å². The van der Waals surface area contributed by atoms with Gasteiger partial charge < -0.3 is 5.32 Å². The predicted octanol–water partition coefficient (Wildman–Crippen LogP) is 3.84. The first-order valence-electron chi connectivity index (χ1n) is 9.67. The summed E-state index contributed by atoms with van der Waals surface area (Å²) < 4.78 is 26.1. The lowest BCUT2D eigenvalue weighted by Gasteiger charge is -2.33. The maximum Gasteiger partial charge on any atom is 0.241 e. The highest BCUT2D eigenvalue weighted by Gasteiger charge is 2.32. The van der Waals surface area contributed by atoms with E-state index in [9.17, 15) is 13.2 Å². The van der Waals surface area contributed by atoms with Crippen LogP contribution in [0.3, 0.4) is 0 Å². The van der Waals surface area contributed by atoms with E-state index in [-0.39, 0.29) is 12.5 Å². The average Bonchev–Trinajstić information content (AvgIpc) is 2.73. The molecule has 3 aromatic carbocycles. The molecule has 1 N–H and O–H groups in total. The van der Waals surface area contributed by atoms with Crippen LogP contribution in [0.5, 0.6) is 0 Å².